The standard InChI is InChI=1S/C10H14N2O4/c1-6-8(10(13)14)9(12(2)11-6)16-7-3-4-15-5-7/h7H,3-5H2,1-2H3,(H,13,14). The van der Waals surface area contributed by atoms with Crippen LogP contribution in [0.2, 0.25) is 0 Å². The van der Waals surface area contributed by atoms with Crippen molar-refractivity contribution in [2.24, 2.45) is 7.05 Å². The Hall–Kier alpha value is -1.56. The van der Waals surface area contributed by atoms with Gasteiger partial charge in [-0.2, -0.15) is 5.10 Å². The number of rotatable bonds is 3. The van der Waals surface area contributed by atoms with Crippen molar-refractivity contribution in [1.29, 1.82) is 0 Å². The number of carboxylic acid groups (broad SMARTS) is 1. The van der Waals surface area contributed by atoms with Gasteiger partial charge in [-0.25, -0.2) is 9.48 Å². The van der Waals surface area contributed by atoms with Crippen LogP contribution in [0.15, 0.2) is 0 Å². The van der Waals surface area contributed by atoms with Crippen molar-refractivity contribution in [3.63, 3.8) is 0 Å². The van der Waals surface area contributed by atoms with E-state index in [0.29, 0.717) is 24.8 Å². The summed E-state index contributed by atoms with van der Waals surface area (Å²) in [6.45, 7) is 2.81. The van der Waals surface area contributed by atoms with E-state index in [1.165, 1.54) is 4.68 Å². The van der Waals surface area contributed by atoms with E-state index >= 15 is 0 Å². The zero-order valence-electron chi connectivity index (χ0n) is 9.27. The second-order valence-electron chi connectivity index (χ2n) is 3.80. The minimum Gasteiger partial charge on any atom is -0.477 e. The van der Waals surface area contributed by atoms with Crippen LogP contribution in [0.25, 0.3) is 0 Å². The molecule has 1 fully saturated rings. The van der Waals surface area contributed by atoms with E-state index in [2.05, 4.69) is 5.10 Å². The molecule has 1 N–H and O–H groups in total. The Morgan fingerprint density at radius 2 is 2.44 bits per heavy atom. The number of aromatic carboxylic acids is 1. The van der Waals surface area contributed by atoms with E-state index in [-0.39, 0.29) is 11.7 Å². The van der Waals surface area contributed by atoms with Crippen molar-refractivity contribution in [1.82, 2.24) is 9.78 Å². The molecule has 2 rings (SSSR count). The molecule has 0 spiro atoms. The smallest absolute Gasteiger partial charge is 0.343 e. The number of hydrogen-bond donors (Lipinski definition) is 1. The van der Waals surface area contributed by atoms with E-state index in [0.717, 1.165) is 6.42 Å². The maximum atomic E-state index is 11.1. The molecule has 1 saturated heterocycles. The Bertz CT molecular complexity index is 407. The fraction of sp³-hybridized carbons (Fsp3) is 0.600. The summed E-state index contributed by atoms with van der Waals surface area (Å²) in [5.41, 5.74) is 0.596. The van der Waals surface area contributed by atoms with Gasteiger partial charge in [-0.15, -0.1) is 0 Å². The van der Waals surface area contributed by atoms with E-state index in [1.807, 2.05) is 0 Å². The van der Waals surface area contributed by atoms with Crippen molar-refractivity contribution < 1.29 is 19.4 Å². The predicted molar refractivity (Wildman–Crippen MR) is 54.8 cm³/mol. The Morgan fingerprint density at radius 1 is 1.69 bits per heavy atom. The number of nitrogens with zero attached hydrogens (tertiary/aromatic N) is 2. The van der Waals surface area contributed by atoms with Gasteiger partial charge in [0.05, 0.1) is 18.9 Å². The van der Waals surface area contributed by atoms with Gasteiger partial charge in [0.15, 0.2) is 0 Å². The normalized spacial score (nSPS) is 20.0. The van der Waals surface area contributed by atoms with E-state index in [4.69, 9.17) is 14.6 Å². The Balaban J connectivity index is 2.27. The molecule has 1 aliphatic heterocycles. The summed E-state index contributed by atoms with van der Waals surface area (Å²) in [6, 6.07) is 0. The zero-order valence-corrected chi connectivity index (χ0v) is 9.27. The van der Waals surface area contributed by atoms with E-state index in [9.17, 15) is 4.79 Å². The van der Waals surface area contributed by atoms with Crippen LogP contribution in [0.4, 0.5) is 0 Å². The fourth-order valence-corrected chi connectivity index (χ4v) is 1.78. The molecule has 0 aromatic carbocycles. The lowest BCUT2D eigenvalue weighted by atomic mass is 10.2. The molecule has 0 bridgehead atoms. The average Bonchev–Trinajstić information content (AvgIpc) is 2.76. The molecular weight excluding hydrogens is 212 g/mol. The van der Waals surface area contributed by atoms with Crippen LogP contribution in [0.3, 0.4) is 0 Å². The van der Waals surface area contributed by atoms with Gasteiger partial charge in [0.25, 0.3) is 0 Å². The number of carboxylic acids is 1. The number of aromatic nitrogens is 2. The molecule has 1 unspecified atom stereocenters. The maximum absolute atomic E-state index is 11.1. The van der Waals surface area contributed by atoms with Crippen LogP contribution in [0.5, 0.6) is 5.88 Å². The molecule has 6 heteroatoms. The van der Waals surface area contributed by atoms with E-state index < -0.39 is 5.97 Å². The van der Waals surface area contributed by atoms with Crippen molar-refractivity contribution in [3.8, 4) is 5.88 Å². The van der Waals surface area contributed by atoms with Crippen molar-refractivity contribution in [2.45, 2.75) is 19.4 Å². The molecule has 2 heterocycles. The summed E-state index contributed by atoms with van der Waals surface area (Å²) < 4.78 is 12.2. The van der Waals surface area contributed by atoms with Gasteiger partial charge in [0.2, 0.25) is 5.88 Å². The molecule has 1 atom stereocenters. The lowest BCUT2D eigenvalue weighted by Crippen LogP contribution is -2.19. The summed E-state index contributed by atoms with van der Waals surface area (Å²) in [4.78, 5) is 11.1. The zero-order chi connectivity index (χ0) is 11.7. The molecule has 0 amide bonds. The summed E-state index contributed by atoms with van der Waals surface area (Å²) >= 11 is 0. The lowest BCUT2D eigenvalue weighted by molar-refractivity contribution is 0.0684. The Kier molecular flexibility index (Phi) is 2.82. The molecule has 0 radical (unpaired) electrons. The number of ether oxygens (including phenoxy) is 2. The first kappa shape index (κ1) is 10.9. The topological polar surface area (TPSA) is 73.6 Å². The van der Waals surface area contributed by atoms with Crippen molar-refractivity contribution in [3.05, 3.63) is 11.3 Å². The number of carbonyl (C=O) groups is 1. The first-order chi connectivity index (χ1) is 7.59. The minimum atomic E-state index is -1.01. The maximum Gasteiger partial charge on any atom is 0.343 e. The number of aryl methyl sites for hydroxylation is 2. The summed E-state index contributed by atoms with van der Waals surface area (Å²) in [5.74, 6) is -0.708. The first-order valence-corrected chi connectivity index (χ1v) is 5.11. The third-order valence-electron chi connectivity index (χ3n) is 2.55. The summed E-state index contributed by atoms with van der Waals surface area (Å²) in [6.07, 6.45) is 0.705. The quantitative estimate of drug-likeness (QED) is 0.816. The summed E-state index contributed by atoms with van der Waals surface area (Å²) in [7, 11) is 1.67. The van der Waals surface area contributed by atoms with Crippen LogP contribution in [0.1, 0.15) is 22.5 Å². The molecule has 1 aliphatic rings. The van der Waals surface area contributed by atoms with Gasteiger partial charge in [0, 0.05) is 13.5 Å². The second-order valence-corrected chi connectivity index (χ2v) is 3.80. The number of hydrogen-bond acceptors (Lipinski definition) is 4. The predicted octanol–water partition coefficient (Wildman–Crippen LogP) is 0.594. The highest BCUT2D eigenvalue weighted by Gasteiger charge is 2.25. The van der Waals surface area contributed by atoms with Gasteiger partial charge >= 0.3 is 5.97 Å². The van der Waals surface area contributed by atoms with Crippen molar-refractivity contribution >= 4 is 5.97 Å². The molecule has 6 nitrogen and oxygen atoms in total. The van der Waals surface area contributed by atoms with Gasteiger partial charge in [-0.05, 0) is 6.92 Å². The largest absolute Gasteiger partial charge is 0.477 e. The fourth-order valence-electron chi connectivity index (χ4n) is 1.78. The average molecular weight is 226 g/mol. The molecule has 0 saturated carbocycles. The minimum absolute atomic E-state index is 0.0760. The van der Waals surface area contributed by atoms with Crippen LogP contribution < -0.4 is 4.74 Å². The molecule has 1 aromatic heterocycles. The molecule has 88 valence electrons. The Labute approximate surface area is 92.8 Å². The van der Waals surface area contributed by atoms with Gasteiger partial charge < -0.3 is 14.6 Å². The van der Waals surface area contributed by atoms with Crippen LogP contribution in [-0.4, -0.2) is 40.2 Å². The highest BCUT2D eigenvalue weighted by atomic mass is 16.6. The first-order valence-electron chi connectivity index (χ1n) is 5.11. The highest BCUT2D eigenvalue weighted by molar-refractivity contribution is 5.91. The van der Waals surface area contributed by atoms with Crippen molar-refractivity contribution in [2.75, 3.05) is 13.2 Å². The van der Waals surface area contributed by atoms with Crippen LogP contribution in [0, 0.1) is 6.92 Å². The Morgan fingerprint density at radius 3 is 3.00 bits per heavy atom. The van der Waals surface area contributed by atoms with Crippen LogP contribution >= 0.6 is 0 Å². The monoisotopic (exact) mass is 226 g/mol. The van der Waals surface area contributed by atoms with Gasteiger partial charge in [-0.1, -0.05) is 0 Å². The van der Waals surface area contributed by atoms with Crippen LogP contribution in [-0.2, 0) is 11.8 Å². The third-order valence-corrected chi connectivity index (χ3v) is 2.55. The molecule has 0 aliphatic carbocycles. The highest BCUT2D eigenvalue weighted by Crippen LogP contribution is 2.24. The molecule has 1 aromatic rings. The molecular formula is C10H14N2O4. The SMILES string of the molecule is Cc1nn(C)c(OC2CCOC2)c1C(=O)O. The van der Waals surface area contributed by atoms with E-state index in [1.54, 1.807) is 14.0 Å². The second kappa shape index (κ2) is 4.13. The van der Waals surface area contributed by atoms with Gasteiger partial charge in [-0.3, -0.25) is 0 Å². The third kappa shape index (κ3) is 1.88. The summed E-state index contributed by atoms with van der Waals surface area (Å²) in [5, 5.41) is 13.1. The van der Waals surface area contributed by atoms with Gasteiger partial charge in [0.1, 0.15) is 11.7 Å². The lowest BCUT2D eigenvalue weighted by Gasteiger charge is -2.12. The molecule has 16 heavy (non-hydrogen) atoms.